The zero-order valence-corrected chi connectivity index (χ0v) is 17.7. The number of fused-ring (bicyclic) bond motifs is 3. The normalized spacial score (nSPS) is 14.5. The van der Waals surface area contributed by atoms with Gasteiger partial charge in [0.25, 0.3) is 5.91 Å². The minimum Gasteiger partial charge on any atom is -0.378 e. The number of amides is 1. The largest absolute Gasteiger partial charge is 0.378 e. The van der Waals surface area contributed by atoms with E-state index in [2.05, 4.69) is 59.5 Å². The third kappa shape index (κ3) is 3.28. The van der Waals surface area contributed by atoms with Crippen molar-refractivity contribution in [3.05, 3.63) is 120 Å². The first kappa shape index (κ1) is 19.1. The van der Waals surface area contributed by atoms with Gasteiger partial charge < -0.3 is 4.90 Å². The van der Waals surface area contributed by atoms with E-state index in [9.17, 15) is 4.79 Å². The lowest BCUT2D eigenvalue weighted by Gasteiger charge is -2.39. The number of hydrogen-bond acceptors (Lipinski definition) is 2. The Balaban J connectivity index is 1.73. The highest BCUT2D eigenvalue weighted by atomic mass is 16.2. The fourth-order valence-electron chi connectivity index (χ4n) is 4.40. The van der Waals surface area contributed by atoms with E-state index in [1.54, 1.807) is 0 Å². The molecule has 3 nitrogen and oxygen atoms in total. The molecule has 1 amide bonds. The molecular formula is C28H24N2O. The molecule has 4 aromatic rings. The molecule has 152 valence electrons. The fraction of sp³-hybridized carbons (Fsp3) is 0.107. The third-order valence-electron chi connectivity index (χ3n) is 5.93. The van der Waals surface area contributed by atoms with Crippen LogP contribution in [-0.4, -0.2) is 20.0 Å². The van der Waals surface area contributed by atoms with E-state index < -0.39 is 0 Å². The van der Waals surface area contributed by atoms with Crippen molar-refractivity contribution in [1.82, 2.24) is 0 Å². The summed E-state index contributed by atoms with van der Waals surface area (Å²) in [5.74, 6) is 0.00393. The van der Waals surface area contributed by atoms with Crippen molar-refractivity contribution < 1.29 is 4.79 Å². The molecule has 1 aliphatic heterocycles. The number of hydrogen-bond donors (Lipinski definition) is 0. The highest BCUT2D eigenvalue weighted by molar-refractivity contribution is 6.10. The molecule has 0 spiro atoms. The zero-order valence-electron chi connectivity index (χ0n) is 17.7. The van der Waals surface area contributed by atoms with Crippen molar-refractivity contribution in [3.8, 4) is 11.1 Å². The van der Waals surface area contributed by atoms with Crippen molar-refractivity contribution in [2.45, 2.75) is 6.04 Å². The first-order valence-corrected chi connectivity index (χ1v) is 10.5. The Kier molecular flexibility index (Phi) is 4.79. The van der Waals surface area contributed by atoms with E-state index >= 15 is 0 Å². The number of para-hydroxylation sites is 1. The Hall–Kier alpha value is -3.85. The van der Waals surface area contributed by atoms with Gasteiger partial charge in [0.05, 0.1) is 11.7 Å². The van der Waals surface area contributed by atoms with E-state index in [1.165, 1.54) is 5.56 Å². The molecule has 4 aromatic carbocycles. The summed E-state index contributed by atoms with van der Waals surface area (Å²) in [5, 5.41) is 0. The van der Waals surface area contributed by atoms with Gasteiger partial charge in [-0.3, -0.25) is 9.69 Å². The number of anilines is 2. The maximum Gasteiger partial charge on any atom is 0.259 e. The van der Waals surface area contributed by atoms with Gasteiger partial charge in [-0.2, -0.15) is 0 Å². The Morgan fingerprint density at radius 2 is 1.32 bits per heavy atom. The van der Waals surface area contributed by atoms with Gasteiger partial charge in [0.1, 0.15) is 0 Å². The molecular weight excluding hydrogens is 380 g/mol. The molecule has 5 rings (SSSR count). The van der Waals surface area contributed by atoms with Crippen LogP contribution in [0.5, 0.6) is 0 Å². The summed E-state index contributed by atoms with van der Waals surface area (Å²) in [5.41, 5.74) is 7.26. The van der Waals surface area contributed by atoms with Gasteiger partial charge in [-0.25, -0.2) is 0 Å². The Bertz CT molecular complexity index is 1230. The summed E-state index contributed by atoms with van der Waals surface area (Å²) in [6.45, 7) is 0. The first-order valence-electron chi connectivity index (χ1n) is 10.5. The van der Waals surface area contributed by atoms with Gasteiger partial charge in [0, 0.05) is 30.9 Å². The van der Waals surface area contributed by atoms with Crippen molar-refractivity contribution in [3.63, 3.8) is 0 Å². The molecule has 1 heterocycles. The number of benzene rings is 4. The minimum atomic E-state index is -0.199. The van der Waals surface area contributed by atoms with Gasteiger partial charge in [-0.1, -0.05) is 72.8 Å². The molecule has 0 saturated carbocycles. The summed E-state index contributed by atoms with van der Waals surface area (Å²) < 4.78 is 0. The van der Waals surface area contributed by atoms with Gasteiger partial charge in [0.15, 0.2) is 0 Å². The first-order chi connectivity index (χ1) is 15.1. The van der Waals surface area contributed by atoms with Crippen LogP contribution in [0, 0.1) is 0 Å². The van der Waals surface area contributed by atoms with Crippen LogP contribution in [0.2, 0.25) is 0 Å². The molecule has 0 aliphatic carbocycles. The Morgan fingerprint density at radius 3 is 2.03 bits per heavy atom. The lowest BCUT2D eigenvalue weighted by molar-refractivity contribution is 0.0980. The van der Waals surface area contributed by atoms with Crippen LogP contribution in [0.4, 0.5) is 11.4 Å². The lowest BCUT2D eigenvalue weighted by atomic mass is 9.84. The predicted octanol–water partition coefficient (Wildman–Crippen LogP) is 6.17. The maximum absolute atomic E-state index is 13.8. The molecule has 1 atom stereocenters. The van der Waals surface area contributed by atoms with Gasteiger partial charge in [-0.05, 0) is 47.0 Å². The average molecular weight is 405 g/mol. The molecule has 0 bridgehead atoms. The molecule has 0 fully saturated rings. The predicted molar refractivity (Wildman–Crippen MR) is 128 cm³/mol. The van der Waals surface area contributed by atoms with Crippen LogP contribution >= 0.6 is 0 Å². The number of rotatable bonds is 3. The zero-order chi connectivity index (χ0) is 21.4. The summed E-state index contributed by atoms with van der Waals surface area (Å²) in [7, 11) is 4.07. The number of carbonyl (C=O) groups excluding carboxylic acids is 1. The van der Waals surface area contributed by atoms with E-state index in [1.807, 2.05) is 67.5 Å². The smallest absolute Gasteiger partial charge is 0.259 e. The van der Waals surface area contributed by atoms with Gasteiger partial charge in [-0.15, -0.1) is 0 Å². The van der Waals surface area contributed by atoms with Crippen LogP contribution in [0.25, 0.3) is 11.1 Å². The molecule has 1 aliphatic rings. The highest BCUT2D eigenvalue weighted by Gasteiger charge is 2.36. The van der Waals surface area contributed by atoms with Crippen LogP contribution in [0.1, 0.15) is 27.5 Å². The second-order valence-corrected chi connectivity index (χ2v) is 8.03. The van der Waals surface area contributed by atoms with E-state index in [0.29, 0.717) is 5.56 Å². The van der Waals surface area contributed by atoms with Crippen LogP contribution in [-0.2, 0) is 0 Å². The minimum absolute atomic E-state index is 0.00393. The van der Waals surface area contributed by atoms with Crippen molar-refractivity contribution in [2.75, 3.05) is 23.9 Å². The van der Waals surface area contributed by atoms with Crippen LogP contribution in [0.15, 0.2) is 103 Å². The van der Waals surface area contributed by atoms with E-state index in [-0.39, 0.29) is 11.9 Å². The molecule has 1 unspecified atom stereocenters. The summed E-state index contributed by atoms with van der Waals surface area (Å²) in [4.78, 5) is 17.9. The second-order valence-electron chi connectivity index (χ2n) is 8.03. The van der Waals surface area contributed by atoms with Crippen molar-refractivity contribution in [2.24, 2.45) is 0 Å². The number of nitrogens with zero attached hydrogens (tertiary/aromatic N) is 2. The quantitative estimate of drug-likeness (QED) is 0.408. The molecule has 0 aromatic heterocycles. The highest BCUT2D eigenvalue weighted by Crippen LogP contribution is 2.47. The fourth-order valence-corrected chi connectivity index (χ4v) is 4.40. The van der Waals surface area contributed by atoms with Gasteiger partial charge >= 0.3 is 0 Å². The Morgan fingerprint density at radius 1 is 0.710 bits per heavy atom. The van der Waals surface area contributed by atoms with Crippen molar-refractivity contribution >= 4 is 17.3 Å². The third-order valence-corrected chi connectivity index (χ3v) is 5.93. The molecule has 0 saturated heterocycles. The molecule has 31 heavy (non-hydrogen) atoms. The monoisotopic (exact) mass is 404 g/mol. The van der Waals surface area contributed by atoms with Crippen LogP contribution in [0.3, 0.4) is 0 Å². The maximum atomic E-state index is 13.8. The van der Waals surface area contributed by atoms with E-state index in [4.69, 9.17) is 0 Å². The lowest BCUT2D eigenvalue weighted by Crippen LogP contribution is -2.38. The molecule has 0 N–H and O–H groups in total. The van der Waals surface area contributed by atoms with Crippen molar-refractivity contribution in [1.29, 1.82) is 0 Å². The molecule has 0 radical (unpaired) electrons. The summed E-state index contributed by atoms with van der Waals surface area (Å²) in [6, 6.07) is 34.4. The van der Waals surface area contributed by atoms with E-state index in [0.717, 1.165) is 28.1 Å². The Labute approximate surface area is 183 Å². The SMILES string of the molecule is CN(C)c1ccc(C2c3ccccc3-c3ccccc3N2C(=O)c2ccccc2)cc1. The molecule has 3 heteroatoms. The average Bonchev–Trinajstić information content (AvgIpc) is 2.83. The summed E-state index contributed by atoms with van der Waals surface area (Å²) >= 11 is 0. The van der Waals surface area contributed by atoms with Gasteiger partial charge in [0.2, 0.25) is 0 Å². The summed E-state index contributed by atoms with van der Waals surface area (Å²) in [6.07, 6.45) is 0. The van der Waals surface area contributed by atoms with Crippen LogP contribution < -0.4 is 9.80 Å². The topological polar surface area (TPSA) is 23.6 Å². The standard InChI is InChI=1S/C28H24N2O/c1-29(2)22-18-16-20(17-19-22)27-25-14-7-6-12-23(25)24-13-8-9-15-26(24)30(27)28(31)21-10-4-3-5-11-21/h3-19,27H,1-2H3. The number of carbonyl (C=O) groups is 1. The second kappa shape index (κ2) is 7.77.